The Bertz CT molecular complexity index is 1010. The fourth-order valence-corrected chi connectivity index (χ4v) is 5.13. The van der Waals surface area contributed by atoms with Crippen molar-refractivity contribution in [1.29, 1.82) is 0 Å². The summed E-state index contributed by atoms with van der Waals surface area (Å²) in [6.07, 6.45) is 1.24. The van der Waals surface area contributed by atoms with Crippen LogP contribution >= 0.6 is 0 Å². The highest BCUT2D eigenvalue weighted by Gasteiger charge is 2.42. The number of rotatable bonds is 5. The normalized spacial score (nSPS) is 20.8. The lowest BCUT2D eigenvalue weighted by Crippen LogP contribution is -2.30. The second-order valence-corrected chi connectivity index (χ2v) is 8.55. The summed E-state index contributed by atoms with van der Waals surface area (Å²) >= 11 is 0. The number of aromatic nitrogens is 2. The molecule has 1 aromatic heterocycles. The monoisotopic (exact) mass is 387 g/mol. The molecule has 1 aliphatic rings. The smallest absolute Gasteiger partial charge is 0.218 e. The third-order valence-electron chi connectivity index (χ3n) is 4.91. The van der Waals surface area contributed by atoms with Crippen molar-refractivity contribution >= 4 is 10.0 Å². The lowest BCUT2D eigenvalue weighted by atomic mass is 9.88. The van der Waals surface area contributed by atoms with Crippen molar-refractivity contribution in [3.8, 4) is 0 Å². The summed E-state index contributed by atoms with van der Waals surface area (Å²) in [5.41, 5.74) is 1.17. The Labute approximate surface area is 156 Å². The Morgan fingerprint density at radius 2 is 1.74 bits per heavy atom. The largest absolute Gasteiger partial charge is 0.343 e. The maximum Gasteiger partial charge on any atom is 0.218 e. The number of nitrogens with zero attached hydrogens (tertiary/aromatic N) is 3. The van der Waals surface area contributed by atoms with E-state index in [4.69, 9.17) is 4.52 Å². The molecule has 0 bridgehead atoms. The van der Waals surface area contributed by atoms with Gasteiger partial charge in [-0.3, -0.25) is 0 Å². The summed E-state index contributed by atoms with van der Waals surface area (Å²) in [5, 5.41) is 3.92. The molecule has 0 radical (unpaired) electrons. The van der Waals surface area contributed by atoms with Gasteiger partial charge in [0.2, 0.25) is 16.4 Å². The second kappa shape index (κ2) is 7.21. The van der Waals surface area contributed by atoms with Crippen molar-refractivity contribution < 1.29 is 17.3 Å². The molecule has 1 fully saturated rings. The van der Waals surface area contributed by atoms with E-state index in [2.05, 4.69) is 10.1 Å². The maximum atomic E-state index is 13.9. The van der Waals surface area contributed by atoms with Crippen LogP contribution in [0.3, 0.4) is 0 Å². The molecule has 4 rings (SSSR count). The van der Waals surface area contributed by atoms with Crippen molar-refractivity contribution in [3.63, 3.8) is 0 Å². The van der Waals surface area contributed by atoms with Gasteiger partial charge >= 0.3 is 0 Å². The second-order valence-electron chi connectivity index (χ2n) is 6.58. The van der Waals surface area contributed by atoms with Crippen LogP contribution < -0.4 is 0 Å². The van der Waals surface area contributed by atoms with Crippen LogP contribution in [0.5, 0.6) is 0 Å². The minimum atomic E-state index is -3.69. The van der Waals surface area contributed by atoms with Gasteiger partial charge in [-0.2, -0.15) is 4.98 Å². The van der Waals surface area contributed by atoms with Crippen molar-refractivity contribution in [2.75, 3.05) is 13.1 Å². The summed E-state index contributed by atoms with van der Waals surface area (Å²) in [5.74, 6) is -0.733. The molecule has 3 aromatic rings. The highest BCUT2D eigenvalue weighted by Crippen LogP contribution is 2.39. The van der Waals surface area contributed by atoms with Gasteiger partial charge in [-0.1, -0.05) is 53.7 Å². The first kappa shape index (κ1) is 17.8. The Kier molecular flexibility index (Phi) is 4.75. The first-order valence-electron chi connectivity index (χ1n) is 8.57. The molecule has 0 N–H and O–H groups in total. The number of hydrogen-bond acceptors (Lipinski definition) is 5. The SMILES string of the molecule is O=S(=O)(Cc1ccccc1F)N1C[C@H](c2ccccc2)[C@H](c2ncon2)C1. The molecule has 140 valence electrons. The molecule has 2 heterocycles. The minimum Gasteiger partial charge on any atom is -0.343 e. The van der Waals surface area contributed by atoms with E-state index in [9.17, 15) is 12.8 Å². The van der Waals surface area contributed by atoms with Crippen LogP contribution in [0.15, 0.2) is 65.5 Å². The molecular formula is C19H18FN3O3S. The summed E-state index contributed by atoms with van der Waals surface area (Å²) in [6, 6.07) is 15.6. The number of benzene rings is 2. The summed E-state index contributed by atoms with van der Waals surface area (Å²) < 4.78 is 46.1. The van der Waals surface area contributed by atoms with Crippen LogP contribution in [0.25, 0.3) is 0 Å². The molecule has 0 saturated carbocycles. The standard InChI is InChI=1S/C19H18FN3O3S/c20-18-9-5-4-8-15(18)12-27(24,25)23-10-16(14-6-2-1-3-7-14)17(11-23)19-21-13-26-22-19/h1-9,13,16-17H,10-12H2/t16-,17-/m1/s1. The van der Waals surface area contributed by atoms with E-state index in [0.717, 1.165) is 5.56 Å². The number of sulfonamides is 1. The van der Waals surface area contributed by atoms with E-state index in [1.165, 1.54) is 22.8 Å². The first-order chi connectivity index (χ1) is 13.0. The number of hydrogen-bond donors (Lipinski definition) is 0. The Hall–Kier alpha value is -2.58. The van der Waals surface area contributed by atoms with Crippen molar-refractivity contribution in [2.45, 2.75) is 17.6 Å². The van der Waals surface area contributed by atoms with E-state index >= 15 is 0 Å². The van der Waals surface area contributed by atoms with Gasteiger partial charge < -0.3 is 4.52 Å². The number of halogens is 1. The quantitative estimate of drug-likeness (QED) is 0.673. The predicted molar refractivity (Wildman–Crippen MR) is 96.8 cm³/mol. The minimum absolute atomic E-state index is 0.0980. The van der Waals surface area contributed by atoms with Crippen LogP contribution in [0.2, 0.25) is 0 Å². The molecule has 0 amide bonds. The molecule has 6 nitrogen and oxygen atoms in total. The first-order valence-corrected chi connectivity index (χ1v) is 10.2. The predicted octanol–water partition coefficient (Wildman–Crippen LogP) is 2.92. The lowest BCUT2D eigenvalue weighted by Gasteiger charge is -2.17. The average molecular weight is 387 g/mol. The van der Waals surface area contributed by atoms with E-state index < -0.39 is 15.8 Å². The van der Waals surface area contributed by atoms with Crippen molar-refractivity contribution in [2.24, 2.45) is 0 Å². The maximum absolute atomic E-state index is 13.9. The van der Waals surface area contributed by atoms with E-state index in [0.29, 0.717) is 12.4 Å². The van der Waals surface area contributed by atoms with Gasteiger partial charge in [0.1, 0.15) is 5.82 Å². The van der Waals surface area contributed by atoms with Gasteiger partial charge in [-0.15, -0.1) is 0 Å². The Morgan fingerprint density at radius 3 is 2.44 bits per heavy atom. The van der Waals surface area contributed by atoms with Gasteiger partial charge in [0.05, 0.1) is 5.75 Å². The third kappa shape index (κ3) is 3.63. The van der Waals surface area contributed by atoms with E-state index in [1.54, 1.807) is 12.1 Å². The van der Waals surface area contributed by atoms with Gasteiger partial charge in [0.15, 0.2) is 5.82 Å². The van der Waals surface area contributed by atoms with Crippen LogP contribution in [-0.2, 0) is 15.8 Å². The molecule has 0 aliphatic carbocycles. The summed E-state index contributed by atoms with van der Waals surface area (Å²) in [7, 11) is -3.69. The molecule has 27 heavy (non-hydrogen) atoms. The molecule has 1 saturated heterocycles. The van der Waals surface area contributed by atoms with E-state index in [1.807, 2.05) is 30.3 Å². The van der Waals surface area contributed by atoms with Gasteiger partial charge in [0, 0.05) is 30.5 Å². The fourth-order valence-electron chi connectivity index (χ4n) is 3.54. The highest BCUT2D eigenvalue weighted by atomic mass is 32.2. The fraction of sp³-hybridized carbons (Fsp3) is 0.263. The molecule has 2 aromatic carbocycles. The third-order valence-corrected chi connectivity index (χ3v) is 6.67. The zero-order valence-electron chi connectivity index (χ0n) is 14.4. The van der Waals surface area contributed by atoms with Gasteiger partial charge in [-0.05, 0) is 11.6 Å². The Balaban J connectivity index is 1.63. The topological polar surface area (TPSA) is 76.3 Å². The van der Waals surface area contributed by atoms with Gasteiger partial charge in [0.25, 0.3) is 0 Å². The van der Waals surface area contributed by atoms with Crippen LogP contribution in [0.1, 0.15) is 28.8 Å². The average Bonchev–Trinajstić information content (AvgIpc) is 3.34. The zero-order valence-corrected chi connectivity index (χ0v) is 15.2. The van der Waals surface area contributed by atoms with E-state index in [-0.39, 0.29) is 29.7 Å². The lowest BCUT2D eigenvalue weighted by molar-refractivity contribution is 0.401. The van der Waals surface area contributed by atoms with Crippen molar-refractivity contribution in [1.82, 2.24) is 14.4 Å². The summed E-state index contributed by atoms with van der Waals surface area (Å²) in [4.78, 5) is 4.13. The van der Waals surface area contributed by atoms with Crippen LogP contribution in [0, 0.1) is 5.82 Å². The molecular weight excluding hydrogens is 369 g/mol. The zero-order chi connectivity index (χ0) is 18.9. The Morgan fingerprint density at radius 1 is 1.04 bits per heavy atom. The molecule has 1 aliphatic heterocycles. The molecule has 0 spiro atoms. The molecule has 2 atom stereocenters. The van der Waals surface area contributed by atoms with Crippen LogP contribution in [0.4, 0.5) is 4.39 Å². The van der Waals surface area contributed by atoms with Crippen LogP contribution in [-0.4, -0.2) is 36.0 Å². The summed E-state index contributed by atoms with van der Waals surface area (Å²) in [6.45, 7) is 0.524. The van der Waals surface area contributed by atoms with Gasteiger partial charge in [-0.25, -0.2) is 17.1 Å². The molecule has 8 heteroatoms. The van der Waals surface area contributed by atoms with Crippen molar-refractivity contribution in [3.05, 3.63) is 83.8 Å². The highest BCUT2D eigenvalue weighted by molar-refractivity contribution is 7.88. The molecule has 0 unspecified atom stereocenters.